The largest absolute Gasteiger partial charge is 0.434 e. The molecular formula is C15H23F2NO2. The van der Waals surface area contributed by atoms with E-state index in [1.54, 1.807) is 25.1 Å². The highest BCUT2D eigenvalue weighted by Crippen LogP contribution is 2.20. The van der Waals surface area contributed by atoms with Gasteiger partial charge in [-0.3, -0.25) is 0 Å². The van der Waals surface area contributed by atoms with Crippen molar-refractivity contribution in [2.75, 3.05) is 6.54 Å². The summed E-state index contributed by atoms with van der Waals surface area (Å²) < 4.78 is 29.0. The Hall–Kier alpha value is -1.20. The maximum Gasteiger partial charge on any atom is 0.387 e. The van der Waals surface area contributed by atoms with Crippen LogP contribution in [0.2, 0.25) is 0 Å². The van der Waals surface area contributed by atoms with Crippen LogP contribution in [0.3, 0.4) is 0 Å². The molecule has 0 saturated heterocycles. The van der Waals surface area contributed by atoms with E-state index >= 15 is 0 Å². The van der Waals surface area contributed by atoms with Crippen molar-refractivity contribution in [3.05, 3.63) is 29.8 Å². The fourth-order valence-electron chi connectivity index (χ4n) is 2.28. The molecule has 1 rings (SSSR count). The lowest BCUT2D eigenvalue weighted by Gasteiger charge is -2.26. The van der Waals surface area contributed by atoms with E-state index in [1.807, 2.05) is 13.8 Å². The first kappa shape index (κ1) is 16.9. The smallest absolute Gasteiger partial charge is 0.387 e. The Morgan fingerprint density at radius 2 is 1.95 bits per heavy atom. The van der Waals surface area contributed by atoms with Gasteiger partial charge in [0.1, 0.15) is 5.75 Å². The molecule has 1 unspecified atom stereocenters. The third-order valence-electron chi connectivity index (χ3n) is 2.86. The van der Waals surface area contributed by atoms with Gasteiger partial charge < -0.3 is 15.2 Å². The Balaban J connectivity index is 2.53. The van der Waals surface area contributed by atoms with E-state index in [1.165, 1.54) is 6.07 Å². The van der Waals surface area contributed by atoms with E-state index < -0.39 is 12.2 Å². The summed E-state index contributed by atoms with van der Waals surface area (Å²) >= 11 is 0. The van der Waals surface area contributed by atoms with Crippen molar-refractivity contribution in [2.45, 2.75) is 45.9 Å². The second kappa shape index (κ2) is 7.55. The number of halogens is 2. The van der Waals surface area contributed by atoms with Crippen LogP contribution in [0.5, 0.6) is 5.75 Å². The molecule has 114 valence electrons. The van der Waals surface area contributed by atoms with Gasteiger partial charge in [0.15, 0.2) is 0 Å². The Kier molecular flexibility index (Phi) is 6.36. The zero-order chi connectivity index (χ0) is 15.2. The van der Waals surface area contributed by atoms with Crippen LogP contribution in [0.15, 0.2) is 24.3 Å². The maximum absolute atomic E-state index is 12.3. The maximum atomic E-state index is 12.3. The molecule has 0 amide bonds. The molecule has 0 radical (unpaired) electrons. The molecule has 0 aliphatic carbocycles. The molecule has 1 atom stereocenters. The standard InChI is InChI=1S/C15H23F2NO2/c1-11(2)8-15(3,19)10-18-9-12-6-4-5-7-13(12)20-14(16)17/h4-7,11,14,18-19H,8-10H2,1-3H3. The number of para-hydroxylation sites is 1. The molecule has 0 fully saturated rings. The number of alkyl halides is 2. The number of nitrogens with one attached hydrogen (secondary N) is 1. The van der Waals surface area contributed by atoms with Gasteiger partial charge in [0.05, 0.1) is 5.60 Å². The van der Waals surface area contributed by atoms with E-state index in [-0.39, 0.29) is 5.75 Å². The summed E-state index contributed by atoms with van der Waals surface area (Å²) in [5, 5.41) is 13.2. The number of ether oxygens (including phenoxy) is 1. The Labute approximate surface area is 119 Å². The predicted octanol–water partition coefficient (Wildman–Crippen LogP) is 3.17. The summed E-state index contributed by atoms with van der Waals surface area (Å²) in [4.78, 5) is 0. The minimum Gasteiger partial charge on any atom is -0.434 e. The van der Waals surface area contributed by atoms with Gasteiger partial charge in [-0.25, -0.2) is 0 Å². The molecule has 20 heavy (non-hydrogen) atoms. The number of benzene rings is 1. The monoisotopic (exact) mass is 287 g/mol. The molecule has 0 saturated carbocycles. The zero-order valence-corrected chi connectivity index (χ0v) is 12.2. The van der Waals surface area contributed by atoms with Crippen LogP contribution < -0.4 is 10.1 Å². The molecule has 1 aromatic rings. The molecule has 5 heteroatoms. The lowest BCUT2D eigenvalue weighted by molar-refractivity contribution is -0.0505. The van der Waals surface area contributed by atoms with Crippen molar-refractivity contribution in [1.82, 2.24) is 5.32 Å². The molecule has 0 spiro atoms. The topological polar surface area (TPSA) is 41.5 Å². The second-order valence-electron chi connectivity index (χ2n) is 5.68. The van der Waals surface area contributed by atoms with Crippen LogP contribution in [0.4, 0.5) is 8.78 Å². The van der Waals surface area contributed by atoms with Gasteiger partial charge in [-0.1, -0.05) is 32.0 Å². The minimum absolute atomic E-state index is 0.165. The van der Waals surface area contributed by atoms with Crippen molar-refractivity contribution in [1.29, 1.82) is 0 Å². The first-order valence-corrected chi connectivity index (χ1v) is 6.76. The molecule has 0 aliphatic rings. The lowest BCUT2D eigenvalue weighted by Crippen LogP contribution is -2.38. The summed E-state index contributed by atoms with van der Waals surface area (Å²) in [6.45, 7) is 3.79. The molecule has 0 aromatic heterocycles. The van der Waals surface area contributed by atoms with Gasteiger partial charge in [0.25, 0.3) is 0 Å². The van der Waals surface area contributed by atoms with Gasteiger partial charge in [-0.15, -0.1) is 0 Å². The average Bonchev–Trinajstić information content (AvgIpc) is 2.28. The highest BCUT2D eigenvalue weighted by atomic mass is 19.3. The minimum atomic E-state index is -2.83. The number of hydrogen-bond acceptors (Lipinski definition) is 3. The molecular weight excluding hydrogens is 264 g/mol. The first-order chi connectivity index (χ1) is 9.30. The summed E-state index contributed by atoms with van der Waals surface area (Å²) in [6, 6.07) is 6.65. The van der Waals surface area contributed by atoms with E-state index in [0.29, 0.717) is 31.0 Å². The van der Waals surface area contributed by atoms with Gasteiger partial charge in [0.2, 0.25) is 0 Å². The van der Waals surface area contributed by atoms with Gasteiger partial charge in [-0.05, 0) is 25.3 Å². The molecule has 0 aliphatic heterocycles. The Morgan fingerprint density at radius 1 is 1.30 bits per heavy atom. The summed E-state index contributed by atoms with van der Waals surface area (Å²) in [5.41, 5.74) is -0.166. The first-order valence-electron chi connectivity index (χ1n) is 6.76. The summed E-state index contributed by atoms with van der Waals surface area (Å²) in [5.74, 6) is 0.555. The third kappa shape index (κ3) is 6.30. The van der Waals surface area contributed by atoms with Crippen LogP contribution >= 0.6 is 0 Å². The van der Waals surface area contributed by atoms with Gasteiger partial charge in [0, 0.05) is 18.7 Å². The van der Waals surface area contributed by atoms with Gasteiger partial charge in [-0.2, -0.15) is 8.78 Å². The predicted molar refractivity (Wildman–Crippen MR) is 74.9 cm³/mol. The molecule has 2 N–H and O–H groups in total. The van der Waals surface area contributed by atoms with Gasteiger partial charge >= 0.3 is 6.61 Å². The van der Waals surface area contributed by atoms with Crippen LogP contribution in [0, 0.1) is 5.92 Å². The van der Waals surface area contributed by atoms with Crippen molar-refractivity contribution in [3.63, 3.8) is 0 Å². The van der Waals surface area contributed by atoms with Crippen LogP contribution in [0.1, 0.15) is 32.8 Å². The number of aliphatic hydroxyl groups is 1. The summed E-state index contributed by atoms with van der Waals surface area (Å²) in [7, 11) is 0. The molecule has 0 bridgehead atoms. The van der Waals surface area contributed by atoms with E-state index in [0.717, 1.165) is 0 Å². The highest BCUT2D eigenvalue weighted by molar-refractivity contribution is 5.33. The second-order valence-corrected chi connectivity index (χ2v) is 5.68. The SMILES string of the molecule is CC(C)CC(C)(O)CNCc1ccccc1OC(F)F. The third-order valence-corrected chi connectivity index (χ3v) is 2.86. The van der Waals surface area contributed by atoms with E-state index in [4.69, 9.17) is 0 Å². The van der Waals surface area contributed by atoms with Crippen molar-refractivity contribution >= 4 is 0 Å². The number of hydrogen-bond donors (Lipinski definition) is 2. The van der Waals surface area contributed by atoms with Crippen molar-refractivity contribution in [2.24, 2.45) is 5.92 Å². The molecule has 0 heterocycles. The Morgan fingerprint density at radius 3 is 2.55 bits per heavy atom. The normalized spacial score (nSPS) is 14.6. The van der Waals surface area contributed by atoms with Crippen LogP contribution in [0.25, 0.3) is 0 Å². The van der Waals surface area contributed by atoms with Crippen LogP contribution in [-0.4, -0.2) is 23.9 Å². The summed E-state index contributed by atoms with van der Waals surface area (Å²) in [6.07, 6.45) is 0.676. The molecule has 3 nitrogen and oxygen atoms in total. The lowest BCUT2D eigenvalue weighted by atomic mass is 9.94. The number of rotatable bonds is 8. The quantitative estimate of drug-likeness (QED) is 0.771. The fourth-order valence-corrected chi connectivity index (χ4v) is 2.28. The van der Waals surface area contributed by atoms with Crippen LogP contribution in [-0.2, 0) is 6.54 Å². The average molecular weight is 287 g/mol. The highest BCUT2D eigenvalue weighted by Gasteiger charge is 2.21. The van der Waals surface area contributed by atoms with Crippen molar-refractivity contribution in [3.8, 4) is 5.75 Å². The van der Waals surface area contributed by atoms with E-state index in [2.05, 4.69) is 10.1 Å². The fraction of sp³-hybridized carbons (Fsp3) is 0.600. The zero-order valence-electron chi connectivity index (χ0n) is 12.2. The van der Waals surface area contributed by atoms with E-state index in [9.17, 15) is 13.9 Å². The van der Waals surface area contributed by atoms with Crippen molar-refractivity contribution < 1.29 is 18.6 Å². The molecule has 1 aromatic carbocycles. The Bertz CT molecular complexity index is 409.